The molecule has 1 N–H and O–H groups in total. The summed E-state index contributed by atoms with van der Waals surface area (Å²) in [5.41, 5.74) is 3.37. The predicted molar refractivity (Wildman–Crippen MR) is 91.4 cm³/mol. The highest BCUT2D eigenvalue weighted by Gasteiger charge is 2.30. The molecule has 24 heavy (non-hydrogen) atoms. The molecule has 1 atom stereocenters. The van der Waals surface area contributed by atoms with Gasteiger partial charge in [-0.15, -0.1) is 5.11 Å². The highest BCUT2D eigenvalue weighted by molar-refractivity contribution is 5.92. The van der Waals surface area contributed by atoms with E-state index in [1.54, 1.807) is 0 Å². The molecule has 0 spiro atoms. The van der Waals surface area contributed by atoms with E-state index in [0.717, 1.165) is 22.5 Å². The van der Waals surface area contributed by atoms with Crippen molar-refractivity contribution in [2.75, 3.05) is 5.32 Å². The molecule has 0 unspecified atom stereocenters. The number of hydrogen-bond acceptors (Lipinski definition) is 5. The van der Waals surface area contributed by atoms with Crippen molar-refractivity contribution in [2.24, 2.45) is 10.2 Å². The van der Waals surface area contributed by atoms with Gasteiger partial charge in [0, 0.05) is 5.69 Å². The molecule has 0 radical (unpaired) electrons. The maximum absolute atomic E-state index is 12.7. The maximum Gasteiger partial charge on any atom is 0.296 e. The Hall–Kier alpha value is -3.28. The zero-order chi connectivity index (χ0) is 16.5. The first kappa shape index (κ1) is 14.3. The second kappa shape index (κ2) is 5.73. The van der Waals surface area contributed by atoms with Crippen LogP contribution >= 0.6 is 0 Å². The van der Waals surface area contributed by atoms with Gasteiger partial charge in [0.25, 0.3) is 5.91 Å². The topological polar surface area (TPSA) is 71.6 Å². The van der Waals surface area contributed by atoms with E-state index < -0.39 is 6.17 Å². The Kier molecular flexibility index (Phi) is 3.42. The number of rotatable bonds is 3. The molecule has 0 saturated heterocycles. The number of carbonyl (C=O) groups excluding carboxylic acids is 1. The molecule has 1 aromatic heterocycles. The van der Waals surface area contributed by atoms with Gasteiger partial charge in [-0.25, -0.2) is 0 Å². The molecule has 118 valence electrons. The van der Waals surface area contributed by atoms with E-state index in [4.69, 9.17) is 0 Å². The molecule has 4 rings (SSSR count). The fraction of sp³-hybridized carbons (Fsp3) is 0.111. The Morgan fingerprint density at radius 1 is 1.00 bits per heavy atom. The number of aryl methyl sites for hydroxylation is 1. The zero-order valence-corrected chi connectivity index (χ0v) is 13.0. The van der Waals surface area contributed by atoms with Crippen molar-refractivity contribution in [2.45, 2.75) is 13.1 Å². The minimum absolute atomic E-state index is 0.242. The van der Waals surface area contributed by atoms with Gasteiger partial charge in [-0.2, -0.15) is 14.9 Å². The SMILES string of the molecule is Cc1nn2c(c1-c1ccccc1)N=N[C@@H](Nc1ccccc1)C2=O. The summed E-state index contributed by atoms with van der Waals surface area (Å²) in [6, 6.07) is 19.2. The molecule has 0 saturated carbocycles. The van der Waals surface area contributed by atoms with Gasteiger partial charge in [-0.1, -0.05) is 48.5 Å². The first-order chi connectivity index (χ1) is 11.7. The van der Waals surface area contributed by atoms with Gasteiger partial charge < -0.3 is 5.32 Å². The number of aromatic nitrogens is 2. The third kappa shape index (κ3) is 2.38. The minimum Gasteiger partial charge on any atom is -0.354 e. The van der Waals surface area contributed by atoms with Crippen LogP contribution in [0.25, 0.3) is 11.1 Å². The van der Waals surface area contributed by atoms with E-state index in [9.17, 15) is 4.79 Å². The normalized spacial score (nSPS) is 16.0. The Morgan fingerprint density at radius 2 is 1.67 bits per heavy atom. The highest BCUT2D eigenvalue weighted by atomic mass is 16.2. The van der Waals surface area contributed by atoms with E-state index in [0.29, 0.717) is 5.82 Å². The Bertz CT molecular complexity index is 915. The second-order valence-electron chi connectivity index (χ2n) is 5.53. The van der Waals surface area contributed by atoms with E-state index in [1.165, 1.54) is 4.68 Å². The number of azo groups is 1. The van der Waals surface area contributed by atoms with Crippen molar-refractivity contribution in [1.29, 1.82) is 0 Å². The lowest BCUT2D eigenvalue weighted by Crippen LogP contribution is -2.34. The highest BCUT2D eigenvalue weighted by Crippen LogP contribution is 2.35. The number of anilines is 1. The van der Waals surface area contributed by atoms with Gasteiger partial charge >= 0.3 is 0 Å². The Labute approximate surface area is 138 Å². The van der Waals surface area contributed by atoms with Crippen LogP contribution in [-0.2, 0) is 0 Å². The van der Waals surface area contributed by atoms with E-state index >= 15 is 0 Å². The largest absolute Gasteiger partial charge is 0.354 e. The summed E-state index contributed by atoms with van der Waals surface area (Å²) in [6.45, 7) is 1.87. The van der Waals surface area contributed by atoms with Crippen LogP contribution in [0.4, 0.5) is 11.5 Å². The van der Waals surface area contributed by atoms with Gasteiger partial charge in [0.05, 0.1) is 11.3 Å². The Balaban J connectivity index is 1.71. The summed E-state index contributed by atoms with van der Waals surface area (Å²) in [5, 5.41) is 15.9. The standard InChI is InChI=1S/C18H15N5O/c1-12-15(13-8-4-2-5-9-13)17-21-20-16(18(24)23(17)22-12)19-14-10-6-3-7-11-14/h2-11,16,19H,1H3/t16-/m1/s1. The summed E-state index contributed by atoms with van der Waals surface area (Å²) in [4.78, 5) is 12.7. The third-order valence-corrected chi connectivity index (χ3v) is 3.89. The van der Waals surface area contributed by atoms with Crippen LogP contribution in [0.15, 0.2) is 70.9 Å². The smallest absolute Gasteiger partial charge is 0.296 e. The number of fused-ring (bicyclic) bond motifs is 1. The van der Waals surface area contributed by atoms with Crippen LogP contribution in [0.2, 0.25) is 0 Å². The minimum atomic E-state index is -0.775. The number of para-hydroxylation sites is 1. The quantitative estimate of drug-likeness (QED) is 0.792. The van der Waals surface area contributed by atoms with Gasteiger partial charge in [-0.05, 0) is 24.6 Å². The van der Waals surface area contributed by atoms with Gasteiger partial charge in [0.1, 0.15) is 0 Å². The number of benzene rings is 2. The maximum atomic E-state index is 12.7. The molecule has 0 fully saturated rings. The molecule has 0 aliphatic carbocycles. The predicted octanol–water partition coefficient (Wildman–Crippen LogP) is 4.03. The first-order valence-corrected chi connectivity index (χ1v) is 7.66. The summed E-state index contributed by atoms with van der Waals surface area (Å²) in [7, 11) is 0. The fourth-order valence-electron chi connectivity index (χ4n) is 2.76. The van der Waals surface area contributed by atoms with Crippen LogP contribution < -0.4 is 5.32 Å². The average molecular weight is 317 g/mol. The van der Waals surface area contributed by atoms with Gasteiger partial charge in [0.15, 0.2) is 5.82 Å². The summed E-state index contributed by atoms with van der Waals surface area (Å²) in [5.74, 6) is 0.240. The van der Waals surface area contributed by atoms with Crippen LogP contribution in [0.5, 0.6) is 0 Å². The lowest BCUT2D eigenvalue weighted by molar-refractivity contribution is 0.0866. The van der Waals surface area contributed by atoms with Crippen LogP contribution in [-0.4, -0.2) is 21.9 Å². The van der Waals surface area contributed by atoms with E-state index in [2.05, 4.69) is 20.6 Å². The van der Waals surface area contributed by atoms with Crippen molar-refractivity contribution in [3.8, 4) is 11.1 Å². The van der Waals surface area contributed by atoms with Crippen molar-refractivity contribution in [3.63, 3.8) is 0 Å². The first-order valence-electron chi connectivity index (χ1n) is 7.66. The molecule has 0 amide bonds. The van der Waals surface area contributed by atoms with Crippen molar-refractivity contribution in [1.82, 2.24) is 9.78 Å². The van der Waals surface area contributed by atoms with Crippen molar-refractivity contribution in [3.05, 3.63) is 66.4 Å². The van der Waals surface area contributed by atoms with Crippen molar-refractivity contribution >= 4 is 17.4 Å². The summed E-state index contributed by atoms with van der Waals surface area (Å²) < 4.78 is 1.34. The number of hydrogen-bond donors (Lipinski definition) is 1. The molecule has 2 aromatic carbocycles. The van der Waals surface area contributed by atoms with Crippen LogP contribution in [0.1, 0.15) is 10.5 Å². The van der Waals surface area contributed by atoms with Crippen molar-refractivity contribution < 1.29 is 4.79 Å². The van der Waals surface area contributed by atoms with E-state index in [-0.39, 0.29) is 5.91 Å². The number of carbonyl (C=O) groups is 1. The average Bonchev–Trinajstić information content (AvgIpc) is 2.96. The molecular formula is C18H15N5O. The lowest BCUT2D eigenvalue weighted by atomic mass is 10.1. The molecule has 1 aliphatic rings. The summed E-state index contributed by atoms with van der Waals surface area (Å²) >= 11 is 0. The zero-order valence-electron chi connectivity index (χ0n) is 13.0. The summed E-state index contributed by atoms with van der Waals surface area (Å²) in [6.07, 6.45) is -0.775. The third-order valence-electron chi connectivity index (χ3n) is 3.89. The monoisotopic (exact) mass is 317 g/mol. The molecule has 3 aromatic rings. The second-order valence-corrected chi connectivity index (χ2v) is 5.53. The van der Waals surface area contributed by atoms with Gasteiger partial charge in [-0.3, -0.25) is 4.79 Å². The van der Waals surface area contributed by atoms with Crippen LogP contribution in [0, 0.1) is 6.92 Å². The van der Waals surface area contributed by atoms with Gasteiger partial charge in [0.2, 0.25) is 6.17 Å². The lowest BCUT2D eigenvalue weighted by Gasteiger charge is -2.17. The number of nitrogens with zero attached hydrogens (tertiary/aromatic N) is 4. The fourth-order valence-corrected chi connectivity index (χ4v) is 2.76. The van der Waals surface area contributed by atoms with E-state index in [1.807, 2.05) is 67.6 Å². The molecule has 6 heteroatoms. The molecule has 6 nitrogen and oxygen atoms in total. The molecular weight excluding hydrogens is 302 g/mol. The molecule has 1 aliphatic heterocycles. The molecule has 0 bridgehead atoms. The Morgan fingerprint density at radius 3 is 2.38 bits per heavy atom. The van der Waals surface area contributed by atoms with Crippen LogP contribution in [0.3, 0.4) is 0 Å². The molecule has 2 heterocycles. The number of nitrogens with one attached hydrogen (secondary N) is 1.